The fourth-order valence-electron chi connectivity index (χ4n) is 3.77. The molecule has 0 saturated heterocycles. The van der Waals surface area contributed by atoms with E-state index in [4.69, 9.17) is 13.9 Å². The third kappa shape index (κ3) is 4.40. The molecule has 1 aromatic carbocycles. The maximum atomic E-state index is 12.7. The minimum Gasteiger partial charge on any atom is -0.459 e. The molecule has 3 aromatic heterocycles. The summed E-state index contributed by atoms with van der Waals surface area (Å²) in [6.07, 6.45) is 1.48. The predicted octanol–water partition coefficient (Wildman–Crippen LogP) is 5.24. The molecule has 0 spiro atoms. The van der Waals surface area contributed by atoms with E-state index in [1.807, 2.05) is 51.1 Å². The zero-order chi connectivity index (χ0) is 22.9. The molecule has 1 amide bonds. The lowest BCUT2D eigenvalue weighted by Gasteiger charge is -2.21. The van der Waals surface area contributed by atoms with Crippen LogP contribution in [-0.4, -0.2) is 22.7 Å². The van der Waals surface area contributed by atoms with E-state index in [1.54, 1.807) is 12.1 Å². The van der Waals surface area contributed by atoms with Crippen molar-refractivity contribution in [2.75, 3.05) is 17.4 Å². The zero-order valence-electron chi connectivity index (χ0n) is 18.3. The van der Waals surface area contributed by atoms with Crippen LogP contribution in [0.3, 0.4) is 0 Å². The SMILES string of the molecule is Cc1cc(C)nc(N[C@@H](c2ccc3c(c2)OCO3)c2cc(C)sc2NC(=O)c2ccco2)n1. The maximum Gasteiger partial charge on any atom is 0.291 e. The maximum absolute atomic E-state index is 12.7. The average Bonchev–Trinajstić information content (AvgIpc) is 3.52. The third-order valence-corrected chi connectivity index (χ3v) is 6.13. The molecule has 8 nitrogen and oxygen atoms in total. The number of carbonyl (C=O) groups excluding carboxylic acids is 1. The quantitative estimate of drug-likeness (QED) is 0.404. The van der Waals surface area contributed by atoms with Gasteiger partial charge in [0.15, 0.2) is 17.3 Å². The van der Waals surface area contributed by atoms with Gasteiger partial charge in [-0.15, -0.1) is 11.3 Å². The normalized spacial score (nSPS) is 13.1. The Morgan fingerprint density at radius 3 is 2.58 bits per heavy atom. The molecule has 168 valence electrons. The fourth-order valence-corrected chi connectivity index (χ4v) is 4.72. The number of anilines is 2. The molecule has 0 fully saturated rings. The van der Waals surface area contributed by atoms with Crippen LogP contribution in [0.25, 0.3) is 0 Å². The van der Waals surface area contributed by atoms with Gasteiger partial charge in [-0.25, -0.2) is 9.97 Å². The van der Waals surface area contributed by atoms with Gasteiger partial charge in [-0.1, -0.05) is 6.07 Å². The number of thiophene rings is 1. The van der Waals surface area contributed by atoms with E-state index in [1.165, 1.54) is 17.6 Å². The smallest absolute Gasteiger partial charge is 0.291 e. The van der Waals surface area contributed by atoms with Crippen molar-refractivity contribution in [3.63, 3.8) is 0 Å². The number of benzene rings is 1. The van der Waals surface area contributed by atoms with Crippen molar-refractivity contribution in [2.24, 2.45) is 0 Å². The highest BCUT2D eigenvalue weighted by molar-refractivity contribution is 7.16. The number of aromatic nitrogens is 2. The van der Waals surface area contributed by atoms with Crippen molar-refractivity contribution in [1.29, 1.82) is 0 Å². The van der Waals surface area contributed by atoms with Crippen molar-refractivity contribution in [3.05, 3.63) is 81.9 Å². The summed E-state index contributed by atoms with van der Waals surface area (Å²) in [7, 11) is 0. The zero-order valence-corrected chi connectivity index (χ0v) is 19.2. The van der Waals surface area contributed by atoms with E-state index in [0.29, 0.717) is 22.4 Å². The molecule has 9 heteroatoms. The first kappa shape index (κ1) is 21.0. The molecule has 1 aliphatic heterocycles. The summed E-state index contributed by atoms with van der Waals surface area (Å²) < 4.78 is 16.3. The number of rotatable bonds is 6. The lowest BCUT2D eigenvalue weighted by Crippen LogP contribution is -2.18. The Morgan fingerprint density at radius 1 is 1.03 bits per heavy atom. The molecule has 0 saturated carbocycles. The van der Waals surface area contributed by atoms with Gasteiger partial charge in [0.25, 0.3) is 5.91 Å². The monoisotopic (exact) mass is 462 g/mol. The van der Waals surface area contributed by atoms with Crippen LogP contribution in [-0.2, 0) is 0 Å². The van der Waals surface area contributed by atoms with Gasteiger partial charge in [-0.3, -0.25) is 4.79 Å². The molecule has 33 heavy (non-hydrogen) atoms. The number of nitrogens with one attached hydrogen (secondary N) is 2. The second-order valence-electron chi connectivity index (χ2n) is 7.74. The van der Waals surface area contributed by atoms with Gasteiger partial charge < -0.3 is 24.5 Å². The van der Waals surface area contributed by atoms with Crippen LogP contribution in [0.1, 0.15) is 44.0 Å². The van der Waals surface area contributed by atoms with E-state index in [-0.39, 0.29) is 24.5 Å². The summed E-state index contributed by atoms with van der Waals surface area (Å²) in [5, 5.41) is 7.17. The van der Waals surface area contributed by atoms with Gasteiger partial charge in [0.1, 0.15) is 5.00 Å². The summed E-state index contributed by atoms with van der Waals surface area (Å²) in [5.74, 6) is 1.82. The number of amides is 1. The van der Waals surface area contributed by atoms with E-state index >= 15 is 0 Å². The van der Waals surface area contributed by atoms with Gasteiger partial charge in [0, 0.05) is 21.8 Å². The number of hydrogen-bond donors (Lipinski definition) is 2. The highest BCUT2D eigenvalue weighted by Crippen LogP contribution is 2.41. The molecule has 0 aliphatic carbocycles. The molecule has 5 rings (SSSR count). The first-order chi connectivity index (χ1) is 16.0. The van der Waals surface area contributed by atoms with Crippen LogP contribution in [0.5, 0.6) is 11.5 Å². The van der Waals surface area contributed by atoms with Crippen LogP contribution in [0.15, 0.2) is 53.1 Å². The largest absolute Gasteiger partial charge is 0.459 e. The second kappa shape index (κ2) is 8.59. The Kier molecular flexibility index (Phi) is 5.47. The second-order valence-corrected chi connectivity index (χ2v) is 8.99. The van der Waals surface area contributed by atoms with Crippen molar-refractivity contribution in [2.45, 2.75) is 26.8 Å². The van der Waals surface area contributed by atoms with Gasteiger partial charge in [-0.2, -0.15) is 0 Å². The summed E-state index contributed by atoms with van der Waals surface area (Å²) in [6.45, 7) is 6.05. The van der Waals surface area contributed by atoms with Crippen molar-refractivity contribution in [3.8, 4) is 11.5 Å². The summed E-state index contributed by atoms with van der Waals surface area (Å²) in [4.78, 5) is 22.9. The first-order valence-corrected chi connectivity index (χ1v) is 11.2. The third-order valence-electron chi connectivity index (χ3n) is 5.15. The Hall–Kier alpha value is -3.85. The number of aryl methyl sites for hydroxylation is 3. The highest BCUT2D eigenvalue weighted by atomic mass is 32.1. The Labute approximate surface area is 194 Å². The van der Waals surface area contributed by atoms with E-state index in [0.717, 1.165) is 27.4 Å². The Bertz CT molecular complexity index is 1300. The van der Waals surface area contributed by atoms with Crippen molar-refractivity contribution >= 4 is 28.2 Å². The molecule has 4 heterocycles. The number of hydrogen-bond acceptors (Lipinski definition) is 8. The molecule has 2 N–H and O–H groups in total. The number of furan rings is 1. The van der Waals surface area contributed by atoms with Gasteiger partial charge in [0.05, 0.1) is 12.3 Å². The summed E-state index contributed by atoms with van der Waals surface area (Å²) in [5.41, 5.74) is 3.54. The number of nitrogens with zero attached hydrogens (tertiary/aromatic N) is 2. The van der Waals surface area contributed by atoms with Crippen LogP contribution in [0.4, 0.5) is 10.9 Å². The minimum atomic E-state index is -0.349. The lowest BCUT2D eigenvalue weighted by atomic mass is 9.99. The predicted molar refractivity (Wildman–Crippen MR) is 125 cm³/mol. The van der Waals surface area contributed by atoms with E-state index in [9.17, 15) is 4.79 Å². The lowest BCUT2D eigenvalue weighted by molar-refractivity contribution is 0.0997. The molecule has 1 atom stereocenters. The molecule has 0 unspecified atom stereocenters. The van der Waals surface area contributed by atoms with Crippen LogP contribution < -0.4 is 20.1 Å². The van der Waals surface area contributed by atoms with Crippen LogP contribution in [0, 0.1) is 20.8 Å². The highest BCUT2D eigenvalue weighted by Gasteiger charge is 2.25. The number of ether oxygens (including phenoxy) is 2. The van der Waals surface area contributed by atoms with Crippen molar-refractivity contribution in [1.82, 2.24) is 9.97 Å². The van der Waals surface area contributed by atoms with Gasteiger partial charge in [-0.05, 0) is 62.7 Å². The summed E-state index contributed by atoms with van der Waals surface area (Å²) >= 11 is 1.49. The Morgan fingerprint density at radius 2 is 1.82 bits per heavy atom. The van der Waals surface area contributed by atoms with Gasteiger partial charge >= 0.3 is 0 Å². The first-order valence-electron chi connectivity index (χ1n) is 10.4. The number of fused-ring (bicyclic) bond motifs is 1. The van der Waals surface area contributed by atoms with E-state index < -0.39 is 0 Å². The molecule has 0 bridgehead atoms. The van der Waals surface area contributed by atoms with E-state index in [2.05, 4.69) is 20.6 Å². The molecule has 1 aliphatic rings. The standard InChI is InChI=1S/C24H22N4O4S/c1-13-9-14(2)26-24(25-13)27-21(16-6-7-18-20(11-16)32-12-31-18)17-10-15(3)33-23(17)28-22(29)19-5-4-8-30-19/h4-11,21H,12H2,1-3H3,(H,28,29)(H,25,26,27)/t21-/m0/s1. The number of carbonyl (C=O) groups is 1. The topological polar surface area (TPSA) is 98.5 Å². The van der Waals surface area contributed by atoms with Crippen LogP contribution >= 0.6 is 11.3 Å². The fraction of sp³-hybridized carbons (Fsp3) is 0.208. The van der Waals surface area contributed by atoms with Crippen LogP contribution in [0.2, 0.25) is 0 Å². The molecular weight excluding hydrogens is 440 g/mol. The van der Waals surface area contributed by atoms with Crippen molar-refractivity contribution < 1.29 is 18.7 Å². The molecule has 4 aromatic rings. The average molecular weight is 463 g/mol. The molecule has 0 radical (unpaired) electrons. The minimum absolute atomic E-state index is 0.194. The Balaban J connectivity index is 1.56. The van der Waals surface area contributed by atoms with Gasteiger partial charge in [0.2, 0.25) is 12.7 Å². The summed E-state index contributed by atoms with van der Waals surface area (Å²) in [6, 6.07) is 12.7. The molecular formula is C24H22N4O4S.